The van der Waals surface area contributed by atoms with E-state index in [0.717, 1.165) is 37.6 Å². The van der Waals surface area contributed by atoms with E-state index in [-0.39, 0.29) is 5.91 Å². The van der Waals surface area contributed by atoms with Gasteiger partial charge in [0.25, 0.3) is 0 Å². The van der Waals surface area contributed by atoms with Gasteiger partial charge in [-0.3, -0.25) is 4.79 Å². The maximum Gasteiger partial charge on any atom is 0.217 e. The molecule has 0 bridgehead atoms. The van der Waals surface area contributed by atoms with Gasteiger partial charge in [0.15, 0.2) is 5.82 Å². The largest absolute Gasteiger partial charge is 0.377 e. The van der Waals surface area contributed by atoms with E-state index >= 15 is 0 Å². The number of methoxy groups -OCH3 is 1. The van der Waals surface area contributed by atoms with E-state index in [4.69, 9.17) is 10.5 Å². The summed E-state index contributed by atoms with van der Waals surface area (Å²) in [6, 6.07) is 1.86. The average molecular weight is 281 g/mol. The van der Waals surface area contributed by atoms with Gasteiger partial charge in [-0.2, -0.15) is 0 Å². The topological polar surface area (TPSA) is 102 Å². The van der Waals surface area contributed by atoms with Crippen molar-refractivity contribution in [2.45, 2.75) is 32.8 Å². The summed E-state index contributed by atoms with van der Waals surface area (Å²) in [6.07, 6.45) is 2.06. The number of carbonyl (C=O) groups is 1. The summed E-state index contributed by atoms with van der Waals surface area (Å²) in [5, 5.41) is 6.37. The van der Waals surface area contributed by atoms with Crippen molar-refractivity contribution < 1.29 is 9.53 Å². The highest BCUT2D eigenvalue weighted by Crippen LogP contribution is 2.12. The van der Waals surface area contributed by atoms with E-state index in [0.29, 0.717) is 18.9 Å². The number of hydrogen-bond acceptors (Lipinski definition) is 6. The van der Waals surface area contributed by atoms with Crippen molar-refractivity contribution in [3.8, 4) is 0 Å². The molecule has 7 heteroatoms. The Morgan fingerprint density at radius 3 is 2.60 bits per heavy atom. The third kappa shape index (κ3) is 6.33. The first-order valence-corrected chi connectivity index (χ1v) is 6.78. The van der Waals surface area contributed by atoms with E-state index in [1.165, 1.54) is 0 Å². The van der Waals surface area contributed by atoms with Gasteiger partial charge in [0.05, 0.1) is 0 Å². The third-order valence-corrected chi connectivity index (χ3v) is 2.56. The minimum Gasteiger partial charge on any atom is -0.377 e. The van der Waals surface area contributed by atoms with Crippen LogP contribution in [0, 0.1) is 0 Å². The Labute approximate surface area is 119 Å². The standard InChI is InChI=1S/C13H23N5O2/c1-3-15-11-8-12(18-13(17-11)9-20-2)16-7-5-4-6-10(14)19/h8H,3-7,9H2,1-2H3,(H2,14,19)(H2,15,16,17,18). The van der Waals surface area contributed by atoms with E-state index in [9.17, 15) is 4.79 Å². The van der Waals surface area contributed by atoms with E-state index in [1.54, 1.807) is 7.11 Å². The second-order valence-corrected chi connectivity index (χ2v) is 4.37. The number of nitrogens with zero attached hydrogens (tertiary/aromatic N) is 2. The molecular weight excluding hydrogens is 258 g/mol. The van der Waals surface area contributed by atoms with Gasteiger partial charge in [0, 0.05) is 32.7 Å². The van der Waals surface area contributed by atoms with Crippen LogP contribution in [0.15, 0.2) is 6.07 Å². The molecule has 0 radical (unpaired) electrons. The van der Waals surface area contributed by atoms with Crippen LogP contribution in [0.3, 0.4) is 0 Å². The quantitative estimate of drug-likeness (QED) is 0.555. The highest BCUT2D eigenvalue weighted by Gasteiger charge is 2.04. The molecule has 1 aromatic rings. The number of rotatable bonds is 10. The number of anilines is 2. The molecule has 0 saturated carbocycles. The molecule has 1 rings (SSSR count). The summed E-state index contributed by atoms with van der Waals surface area (Å²) in [4.78, 5) is 19.3. The first kappa shape index (κ1) is 16.2. The lowest BCUT2D eigenvalue weighted by atomic mass is 10.2. The molecule has 4 N–H and O–H groups in total. The zero-order valence-electron chi connectivity index (χ0n) is 12.1. The van der Waals surface area contributed by atoms with Gasteiger partial charge in [0.1, 0.15) is 18.2 Å². The molecule has 0 aromatic carbocycles. The van der Waals surface area contributed by atoms with E-state index in [2.05, 4.69) is 20.6 Å². The lowest BCUT2D eigenvalue weighted by Gasteiger charge is -2.10. The normalized spacial score (nSPS) is 10.3. The van der Waals surface area contributed by atoms with Crippen molar-refractivity contribution in [3.63, 3.8) is 0 Å². The van der Waals surface area contributed by atoms with Crippen molar-refractivity contribution in [2.75, 3.05) is 30.8 Å². The summed E-state index contributed by atoms with van der Waals surface area (Å²) in [7, 11) is 1.61. The molecule has 0 fully saturated rings. The van der Waals surface area contributed by atoms with Crippen molar-refractivity contribution in [2.24, 2.45) is 5.73 Å². The van der Waals surface area contributed by atoms with Crippen LogP contribution in [0.1, 0.15) is 32.0 Å². The molecule has 1 heterocycles. The van der Waals surface area contributed by atoms with Crippen LogP contribution < -0.4 is 16.4 Å². The third-order valence-electron chi connectivity index (χ3n) is 2.56. The Morgan fingerprint density at radius 2 is 2.00 bits per heavy atom. The molecular formula is C13H23N5O2. The molecule has 0 aliphatic heterocycles. The van der Waals surface area contributed by atoms with Crippen LogP contribution in [0.2, 0.25) is 0 Å². The van der Waals surface area contributed by atoms with Gasteiger partial charge in [-0.25, -0.2) is 9.97 Å². The molecule has 0 spiro atoms. The maximum atomic E-state index is 10.6. The number of aromatic nitrogens is 2. The molecule has 20 heavy (non-hydrogen) atoms. The maximum absolute atomic E-state index is 10.6. The first-order chi connectivity index (χ1) is 9.65. The number of primary amides is 1. The van der Waals surface area contributed by atoms with Gasteiger partial charge < -0.3 is 21.1 Å². The fourth-order valence-corrected chi connectivity index (χ4v) is 1.69. The minimum absolute atomic E-state index is 0.260. The van der Waals surface area contributed by atoms with E-state index in [1.807, 2.05) is 13.0 Å². The number of hydrogen-bond donors (Lipinski definition) is 3. The van der Waals surface area contributed by atoms with Crippen LogP contribution in [0.5, 0.6) is 0 Å². The highest BCUT2D eigenvalue weighted by atomic mass is 16.5. The molecule has 7 nitrogen and oxygen atoms in total. The second-order valence-electron chi connectivity index (χ2n) is 4.37. The lowest BCUT2D eigenvalue weighted by molar-refractivity contribution is -0.118. The van der Waals surface area contributed by atoms with Crippen LogP contribution >= 0.6 is 0 Å². The second kappa shape index (κ2) is 9.08. The lowest BCUT2D eigenvalue weighted by Crippen LogP contribution is -2.12. The smallest absolute Gasteiger partial charge is 0.217 e. The Balaban J connectivity index is 2.52. The molecule has 1 amide bonds. The van der Waals surface area contributed by atoms with Gasteiger partial charge in [-0.05, 0) is 19.8 Å². The number of amides is 1. The zero-order chi connectivity index (χ0) is 14.8. The van der Waals surface area contributed by atoms with Crippen LogP contribution in [0.25, 0.3) is 0 Å². The van der Waals surface area contributed by atoms with Crippen LogP contribution in [-0.4, -0.2) is 36.1 Å². The number of carbonyl (C=O) groups excluding carboxylic acids is 1. The van der Waals surface area contributed by atoms with Gasteiger partial charge in [-0.15, -0.1) is 0 Å². The Bertz CT molecular complexity index is 401. The fraction of sp³-hybridized carbons (Fsp3) is 0.615. The molecule has 112 valence electrons. The Morgan fingerprint density at radius 1 is 1.30 bits per heavy atom. The predicted octanol–water partition coefficient (Wildman–Crippen LogP) is 1.12. The summed E-state index contributed by atoms with van der Waals surface area (Å²) in [5.41, 5.74) is 5.09. The number of unbranched alkanes of at least 4 members (excludes halogenated alkanes) is 1. The SMILES string of the molecule is CCNc1cc(NCCCCC(N)=O)nc(COC)n1. The fourth-order valence-electron chi connectivity index (χ4n) is 1.69. The summed E-state index contributed by atoms with van der Waals surface area (Å²) in [5.74, 6) is 1.89. The summed E-state index contributed by atoms with van der Waals surface area (Å²) < 4.78 is 5.05. The molecule has 1 aromatic heterocycles. The van der Waals surface area contributed by atoms with E-state index < -0.39 is 0 Å². The molecule has 0 unspecified atom stereocenters. The number of nitrogens with two attached hydrogens (primary N) is 1. The monoisotopic (exact) mass is 281 g/mol. The number of ether oxygens (including phenoxy) is 1. The molecule has 0 saturated heterocycles. The first-order valence-electron chi connectivity index (χ1n) is 6.78. The van der Waals surface area contributed by atoms with Crippen molar-refractivity contribution in [1.29, 1.82) is 0 Å². The number of nitrogens with one attached hydrogen (secondary N) is 2. The van der Waals surface area contributed by atoms with Gasteiger partial charge >= 0.3 is 0 Å². The molecule has 0 atom stereocenters. The van der Waals surface area contributed by atoms with Crippen molar-refractivity contribution >= 4 is 17.5 Å². The average Bonchev–Trinajstić information content (AvgIpc) is 2.38. The predicted molar refractivity (Wildman–Crippen MR) is 78.4 cm³/mol. The van der Waals surface area contributed by atoms with Crippen molar-refractivity contribution in [1.82, 2.24) is 9.97 Å². The minimum atomic E-state index is -0.260. The van der Waals surface area contributed by atoms with Gasteiger partial charge in [0.2, 0.25) is 5.91 Å². The Hall–Kier alpha value is -1.89. The highest BCUT2D eigenvalue weighted by molar-refractivity contribution is 5.73. The molecule has 0 aliphatic carbocycles. The van der Waals surface area contributed by atoms with Crippen LogP contribution in [0.4, 0.5) is 11.6 Å². The zero-order valence-corrected chi connectivity index (χ0v) is 12.1. The van der Waals surface area contributed by atoms with Crippen molar-refractivity contribution in [3.05, 3.63) is 11.9 Å². The summed E-state index contributed by atoms with van der Waals surface area (Å²) >= 11 is 0. The summed E-state index contributed by atoms with van der Waals surface area (Å²) in [6.45, 7) is 3.91. The van der Waals surface area contributed by atoms with Gasteiger partial charge in [-0.1, -0.05) is 0 Å². The Kier molecular flexibility index (Phi) is 7.34. The van der Waals surface area contributed by atoms with Crippen LogP contribution in [-0.2, 0) is 16.1 Å². The molecule has 0 aliphatic rings.